The molecule has 0 aromatic heterocycles. The first kappa shape index (κ1) is 15.4. The maximum absolute atomic E-state index is 10.7. The summed E-state index contributed by atoms with van der Waals surface area (Å²) in [6.07, 6.45) is 5.98. The van der Waals surface area contributed by atoms with Crippen LogP contribution in [0.1, 0.15) is 37.2 Å². The molecular weight excluding hydrogens is 268 g/mol. The topological polar surface area (TPSA) is 46.3 Å². The number of hydrogen-bond donors (Lipinski definition) is 1. The van der Waals surface area contributed by atoms with Crippen molar-refractivity contribution in [1.29, 1.82) is 0 Å². The number of nitrogens with zero attached hydrogens (tertiary/aromatic N) is 1. The number of amides is 1. The van der Waals surface area contributed by atoms with Crippen molar-refractivity contribution in [2.24, 2.45) is 5.73 Å². The molecule has 3 nitrogen and oxygen atoms in total. The molecule has 0 atom stereocenters. The molecule has 110 valence electrons. The Morgan fingerprint density at radius 2 is 2.05 bits per heavy atom. The van der Waals surface area contributed by atoms with E-state index in [4.69, 9.17) is 5.73 Å². The van der Waals surface area contributed by atoms with Gasteiger partial charge in [0.05, 0.1) is 0 Å². The van der Waals surface area contributed by atoms with Gasteiger partial charge >= 0.3 is 0 Å². The number of carbonyl (C=O) groups is 1. The van der Waals surface area contributed by atoms with Crippen molar-refractivity contribution in [2.75, 3.05) is 25.9 Å². The van der Waals surface area contributed by atoms with E-state index in [9.17, 15) is 4.79 Å². The third kappa shape index (κ3) is 4.25. The van der Waals surface area contributed by atoms with Gasteiger partial charge in [-0.1, -0.05) is 18.2 Å². The van der Waals surface area contributed by atoms with E-state index in [1.807, 2.05) is 11.8 Å². The Morgan fingerprint density at radius 1 is 1.35 bits per heavy atom. The van der Waals surface area contributed by atoms with Crippen molar-refractivity contribution < 1.29 is 4.79 Å². The molecule has 1 aromatic rings. The zero-order chi connectivity index (χ0) is 14.4. The Kier molecular flexibility index (Phi) is 5.92. The molecule has 0 aliphatic carbocycles. The van der Waals surface area contributed by atoms with Crippen molar-refractivity contribution in [3.8, 4) is 0 Å². The lowest BCUT2D eigenvalue weighted by Crippen LogP contribution is -2.34. The second-order valence-electron chi connectivity index (χ2n) is 5.43. The second kappa shape index (κ2) is 7.70. The van der Waals surface area contributed by atoms with Crippen LogP contribution in [0.4, 0.5) is 0 Å². The fraction of sp³-hybridized carbons (Fsp3) is 0.562. The third-order valence-electron chi connectivity index (χ3n) is 4.06. The van der Waals surface area contributed by atoms with Gasteiger partial charge in [0.25, 0.3) is 0 Å². The summed E-state index contributed by atoms with van der Waals surface area (Å²) in [5.41, 5.74) is 6.69. The molecule has 0 saturated carbocycles. The molecule has 0 bridgehead atoms. The molecule has 1 fully saturated rings. The summed E-state index contributed by atoms with van der Waals surface area (Å²) in [5.74, 6) is 0.500. The van der Waals surface area contributed by atoms with Gasteiger partial charge in [-0.2, -0.15) is 0 Å². The fourth-order valence-electron chi connectivity index (χ4n) is 2.95. The molecule has 2 rings (SSSR count). The molecule has 4 heteroatoms. The highest BCUT2D eigenvalue weighted by Gasteiger charge is 2.21. The van der Waals surface area contributed by atoms with Gasteiger partial charge in [0, 0.05) is 11.3 Å². The van der Waals surface area contributed by atoms with Crippen LogP contribution in [0.3, 0.4) is 0 Å². The van der Waals surface area contributed by atoms with Crippen molar-refractivity contribution in [1.82, 2.24) is 4.90 Å². The number of piperidine rings is 1. The van der Waals surface area contributed by atoms with Gasteiger partial charge in [-0.25, -0.2) is 0 Å². The van der Waals surface area contributed by atoms with Gasteiger partial charge in [0.1, 0.15) is 0 Å². The number of nitrogens with two attached hydrogens (primary N) is 1. The zero-order valence-electron chi connectivity index (χ0n) is 12.2. The smallest absolute Gasteiger partial charge is 0.217 e. The molecule has 1 aliphatic heterocycles. The minimum absolute atomic E-state index is 0.186. The highest BCUT2D eigenvalue weighted by atomic mass is 32.2. The standard InChI is InChI=1S/C16H24N2OS/c1-20-15-6-3-2-5-14(15)13-8-11-18(12-9-13)10-4-7-16(17)19/h2-3,5-6,13H,4,7-12H2,1H3,(H2,17,19). The zero-order valence-corrected chi connectivity index (χ0v) is 13.0. The molecule has 1 aliphatic rings. The SMILES string of the molecule is CSc1ccccc1C1CCN(CCCC(N)=O)CC1. The first-order valence-corrected chi connectivity index (χ1v) is 8.56. The summed E-state index contributed by atoms with van der Waals surface area (Å²) in [4.78, 5) is 14.6. The van der Waals surface area contributed by atoms with E-state index in [1.54, 1.807) is 0 Å². The van der Waals surface area contributed by atoms with Crippen LogP contribution in [-0.2, 0) is 4.79 Å². The van der Waals surface area contributed by atoms with E-state index >= 15 is 0 Å². The van der Waals surface area contributed by atoms with Crippen LogP contribution in [0.5, 0.6) is 0 Å². The minimum atomic E-state index is -0.186. The average molecular weight is 292 g/mol. The monoisotopic (exact) mass is 292 g/mol. The first-order valence-electron chi connectivity index (χ1n) is 7.34. The van der Waals surface area contributed by atoms with Crippen LogP contribution in [0.15, 0.2) is 29.2 Å². The van der Waals surface area contributed by atoms with Crippen molar-refractivity contribution >= 4 is 17.7 Å². The number of carbonyl (C=O) groups excluding carboxylic acids is 1. The lowest BCUT2D eigenvalue weighted by molar-refractivity contribution is -0.118. The molecule has 20 heavy (non-hydrogen) atoms. The van der Waals surface area contributed by atoms with E-state index in [2.05, 4.69) is 35.4 Å². The third-order valence-corrected chi connectivity index (χ3v) is 4.88. The Morgan fingerprint density at radius 3 is 2.70 bits per heavy atom. The summed E-state index contributed by atoms with van der Waals surface area (Å²) in [5, 5.41) is 0. The van der Waals surface area contributed by atoms with E-state index in [0.29, 0.717) is 12.3 Å². The number of primary amides is 1. The van der Waals surface area contributed by atoms with Gasteiger partial charge < -0.3 is 10.6 Å². The molecular formula is C16H24N2OS. The lowest BCUT2D eigenvalue weighted by Gasteiger charge is -2.32. The van der Waals surface area contributed by atoms with E-state index in [-0.39, 0.29) is 5.91 Å². The van der Waals surface area contributed by atoms with Gasteiger partial charge in [0.2, 0.25) is 5.91 Å². The van der Waals surface area contributed by atoms with E-state index in [0.717, 1.165) is 26.1 Å². The predicted octanol–water partition coefficient (Wildman–Crippen LogP) is 2.85. The van der Waals surface area contributed by atoms with Crippen LogP contribution < -0.4 is 5.73 Å². The van der Waals surface area contributed by atoms with Gasteiger partial charge in [0.15, 0.2) is 0 Å². The fourth-order valence-corrected chi connectivity index (χ4v) is 3.63. The van der Waals surface area contributed by atoms with Crippen LogP contribution >= 0.6 is 11.8 Å². The summed E-state index contributed by atoms with van der Waals surface area (Å²) in [6, 6.07) is 8.76. The maximum Gasteiger partial charge on any atom is 0.217 e. The summed E-state index contributed by atoms with van der Waals surface area (Å²) in [6.45, 7) is 3.26. The number of thioether (sulfide) groups is 1. The number of benzene rings is 1. The van der Waals surface area contributed by atoms with Crippen LogP contribution in [-0.4, -0.2) is 36.7 Å². The predicted molar refractivity (Wildman–Crippen MR) is 85.1 cm³/mol. The lowest BCUT2D eigenvalue weighted by atomic mass is 9.89. The number of likely N-dealkylation sites (tertiary alicyclic amines) is 1. The Labute approximate surface area is 125 Å². The van der Waals surface area contributed by atoms with Crippen LogP contribution in [0, 0.1) is 0 Å². The van der Waals surface area contributed by atoms with E-state index < -0.39 is 0 Å². The largest absolute Gasteiger partial charge is 0.370 e. The Hall–Kier alpha value is -1.00. The van der Waals surface area contributed by atoms with E-state index in [1.165, 1.54) is 23.3 Å². The van der Waals surface area contributed by atoms with Gasteiger partial charge in [-0.15, -0.1) is 11.8 Å². The normalized spacial score (nSPS) is 17.2. The number of hydrogen-bond acceptors (Lipinski definition) is 3. The Bertz CT molecular complexity index is 442. The quantitative estimate of drug-likeness (QED) is 0.820. The van der Waals surface area contributed by atoms with Crippen LogP contribution in [0.2, 0.25) is 0 Å². The molecule has 2 N–H and O–H groups in total. The summed E-state index contributed by atoms with van der Waals surface area (Å²) >= 11 is 1.84. The Balaban J connectivity index is 1.83. The molecule has 1 heterocycles. The second-order valence-corrected chi connectivity index (χ2v) is 6.28. The van der Waals surface area contributed by atoms with Gasteiger partial charge in [-0.05, 0) is 62.7 Å². The van der Waals surface area contributed by atoms with Crippen molar-refractivity contribution in [3.63, 3.8) is 0 Å². The highest BCUT2D eigenvalue weighted by Crippen LogP contribution is 2.33. The summed E-state index contributed by atoms with van der Waals surface area (Å²) < 4.78 is 0. The van der Waals surface area contributed by atoms with Crippen molar-refractivity contribution in [2.45, 2.75) is 36.5 Å². The molecule has 1 aromatic carbocycles. The van der Waals surface area contributed by atoms with Crippen LogP contribution in [0.25, 0.3) is 0 Å². The van der Waals surface area contributed by atoms with Crippen molar-refractivity contribution in [3.05, 3.63) is 29.8 Å². The highest BCUT2D eigenvalue weighted by molar-refractivity contribution is 7.98. The maximum atomic E-state index is 10.7. The minimum Gasteiger partial charge on any atom is -0.370 e. The van der Waals surface area contributed by atoms with Gasteiger partial charge in [-0.3, -0.25) is 4.79 Å². The first-order chi connectivity index (χ1) is 9.70. The molecule has 0 spiro atoms. The number of rotatable bonds is 6. The average Bonchev–Trinajstić information content (AvgIpc) is 2.47. The summed E-state index contributed by atoms with van der Waals surface area (Å²) in [7, 11) is 0. The molecule has 0 unspecified atom stereocenters. The molecule has 1 amide bonds. The molecule has 0 radical (unpaired) electrons. The molecule has 1 saturated heterocycles.